The van der Waals surface area contributed by atoms with Crippen LogP contribution in [0.25, 0.3) is 0 Å². The van der Waals surface area contributed by atoms with E-state index in [1.54, 1.807) is 6.33 Å². The van der Waals surface area contributed by atoms with Gasteiger partial charge in [0, 0.05) is 29.7 Å². The molecule has 1 aliphatic heterocycles. The summed E-state index contributed by atoms with van der Waals surface area (Å²) in [6, 6.07) is 9.16. The van der Waals surface area contributed by atoms with E-state index in [9.17, 15) is 0 Å². The number of aromatic nitrogens is 3. The first-order valence-electron chi connectivity index (χ1n) is 7.08. The number of hydrogen-bond acceptors (Lipinski definition) is 4. The largest absolute Gasteiger partial charge is 0.313 e. The summed E-state index contributed by atoms with van der Waals surface area (Å²) in [7, 11) is 1.96. The lowest BCUT2D eigenvalue weighted by Crippen LogP contribution is -2.40. The molecule has 2 aromatic rings. The summed E-state index contributed by atoms with van der Waals surface area (Å²) < 4.78 is 1.87. The maximum absolute atomic E-state index is 4.36. The van der Waals surface area contributed by atoms with E-state index in [2.05, 4.69) is 46.6 Å². The van der Waals surface area contributed by atoms with Gasteiger partial charge in [-0.2, -0.15) is 5.10 Å². The van der Waals surface area contributed by atoms with E-state index in [0.717, 1.165) is 25.2 Å². The van der Waals surface area contributed by atoms with Crippen LogP contribution in [-0.2, 0) is 19.9 Å². The Morgan fingerprint density at radius 3 is 3.00 bits per heavy atom. The minimum Gasteiger partial charge on any atom is -0.313 e. The van der Waals surface area contributed by atoms with Crippen molar-refractivity contribution in [1.29, 1.82) is 0 Å². The summed E-state index contributed by atoms with van der Waals surface area (Å²) in [5, 5.41) is 8.36. The second-order valence-corrected chi connectivity index (χ2v) is 6.42. The monoisotopic (exact) mass is 288 g/mol. The highest BCUT2D eigenvalue weighted by Gasteiger charge is 2.29. The first-order chi connectivity index (χ1) is 9.78. The Morgan fingerprint density at radius 2 is 2.30 bits per heavy atom. The van der Waals surface area contributed by atoms with Crippen molar-refractivity contribution >= 4 is 11.8 Å². The van der Waals surface area contributed by atoms with Gasteiger partial charge in [-0.25, -0.2) is 4.98 Å². The van der Waals surface area contributed by atoms with E-state index in [4.69, 9.17) is 0 Å². The predicted molar refractivity (Wildman–Crippen MR) is 82.0 cm³/mol. The van der Waals surface area contributed by atoms with Crippen molar-refractivity contribution in [2.75, 3.05) is 6.54 Å². The van der Waals surface area contributed by atoms with Gasteiger partial charge in [0.2, 0.25) is 0 Å². The molecule has 1 aromatic carbocycles. The molecule has 0 saturated carbocycles. The quantitative estimate of drug-likeness (QED) is 0.914. The summed E-state index contributed by atoms with van der Waals surface area (Å²) in [5.41, 5.74) is 1.48. The highest BCUT2D eigenvalue weighted by atomic mass is 32.2. The van der Waals surface area contributed by atoms with Crippen LogP contribution >= 0.6 is 11.8 Å². The number of hydrogen-bond donors (Lipinski definition) is 1. The molecule has 0 fully saturated rings. The normalized spacial score (nSPS) is 19.0. The lowest BCUT2D eigenvalue weighted by molar-refractivity contribution is 0.486. The Labute approximate surface area is 124 Å². The number of rotatable bonds is 5. The van der Waals surface area contributed by atoms with E-state index in [1.165, 1.54) is 10.5 Å². The van der Waals surface area contributed by atoms with Crippen molar-refractivity contribution in [3.63, 3.8) is 0 Å². The van der Waals surface area contributed by atoms with Crippen LogP contribution in [0.15, 0.2) is 35.5 Å². The summed E-state index contributed by atoms with van der Waals surface area (Å²) >= 11 is 1.99. The number of nitrogens with one attached hydrogen (secondary N) is 1. The van der Waals surface area contributed by atoms with Crippen LogP contribution < -0.4 is 5.32 Å². The summed E-state index contributed by atoms with van der Waals surface area (Å²) in [4.78, 5) is 5.79. The standard InChI is InChI=1S/C15H20N4S/c1-3-16-12(9-15-17-10-18-19(15)2)14-8-11-6-4-5-7-13(11)20-14/h4-7,10,12,14,16H,3,8-9H2,1-2H3. The predicted octanol–water partition coefficient (Wildman–Crippen LogP) is 2.05. The van der Waals surface area contributed by atoms with Gasteiger partial charge in [0.05, 0.1) is 0 Å². The third-order valence-corrected chi connectivity index (χ3v) is 5.24. The van der Waals surface area contributed by atoms with Gasteiger partial charge in [0.15, 0.2) is 0 Å². The molecule has 0 amide bonds. The lowest BCUT2D eigenvalue weighted by Gasteiger charge is -2.23. The zero-order valence-corrected chi connectivity index (χ0v) is 12.7. The van der Waals surface area contributed by atoms with Crippen molar-refractivity contribution in [3.05, 3.63) is 42.0 Å². The smallest absolute Gasteiger partial charge is 0.138 e. The van der Waals surface area contributed by atoms with Crippen LogP contribution in [0.2, 0.25) is 0 Å². The fourth-order valence-electron chi connectivity index (χ4n) is 2.73. The Hall–Kier alpha value is -1.33. The third kappa shape index (κ3) is 2.74. The van der Waals surface area contributed by atoms with Gasteiger partial charge in [-0.15, -0.1) is 11.8 Å². The van der Waals surface area contributed by atoms with Gasteiger partial charge in [-0.05, 0) is 24.6 Å². The van der Waals surface area contributed by atoms with E-state index in [-0.39, 0.29) is 0 Å². The fraction of sp³-hybridized carbons (Fsp3) is 0.467. The number of aryl methyl sites for hydroxylation is 1. The molecule has 0 radical (unpaired) electrons. The zero-order chi connectivity index (χ0) is 13.9. The van der Waals surface area contributed by atoms with Crippen molar-refractivity contribution in [3.8, 4) is 0 Å². The second kappa shape index (κ2) is 5.97. The topological polar surface area (TPSA) is 42.7 Å². The van der Waals surface area contributed by atoms with Gasteiger partial charge in [-0.1, -0.05) is 25.1 Å². The van der Waals surface area contributed by atoms with E-state index >= 15 is 0 Å². The van der Waals surface area contributed by atoms with Gasteiger partial charge < -0.3 is 5.32 Å². The van der Waals surface area contributed by atoms with Crippen LogP contribution in [0.4, 0.5) is 0 Å². The lowest BCUT2D eigenvalue weighted by atomic mass is 10.0. The molecule has 2 unspecified atom stereocenters. The Morgan fingerprint density at radius 1 is 1.45 bits per heavy atom. The molecule has 4 nitrogen and oxygen atoms in total. The molecular weight excluding hydrogens is 268 g/mol. The summed E-state index contributed by atoms with van der Waals surface area (Å²) in [6.45, 7) is 3.15. The number of fused-ring (bicyclic) bond motifs is 1. The van der Waals surface area contributed by atoms with Crippen molar-refractivity contribution in [2.45, 2.75) is 36.0 Å². The Bertz CT molecular complexity index is 556. The Balaban J connectivity index is 1.74. The first kappa shape index (κ1) is 13.6. The van der Waals surface area contributed by atoms with Gasteiger partial charge >= 0.3 is 0 Å². The number of thioether (sulfide) groups is 1. The van der Waals surface area contributed by atoms with Gasteiger partial charge in [-0.3, -0.25) is 4.68 Å². The molecule has 20 heavy (non-hydrogen) atoms. The van der Waals surface area contributed by atoms with Gasteiger partial charge in [0.1, 0.15) is 12.2 Å². The molecule has 0 aliphatic carbocycles. The van der Waals surface area contributed by atoms with Crippen LogP contribution in [0, 0.1) is 0 Å². The minimum atomic E-state index is 0.431. The van der Waals surface area contributed by atoms with Crippen LogP contribution in [0.1, 0.15) is 18.3 Å². The maximum atomic E-state index is 4.36. The second-order valence-electron chi connectivity index (χ2n) is 5.14. The molecule has 2 heterocycles. The van der Waals surface area contributed by atoms with E-state index in [1.807, 2.05) is 23.5 Å². The summed E-state index contributed by atoms with van der Waals surface area (Å²) in [6.07, 6.45) is 3.70. The molecule has 1 aromatic heterocycles. The third-order valence-electron chi connectivity index (χ3n) is 3.79. The number of likely N-dealkylation sites (N-methyl/N-ethyl adjacent to an activating group) is 1. The highest BCUT2D eigenvalue weighted by Crippen LogP contribution is 2.38. The van der Waals surface area contributed by atoms with Crippen LogP contribution in [0.5, 0.6) is 0 Å². The molecule has 0 spiro atoms. The SMILES string of the molecule is CCNC(Cc1ncnn1C)C1Cc2ccccc2S1. The van der Waals surface area contributed by atoms with Gasteiger partial charge in [0.25, 0.3) is 0 Å². The molecule has 0 bridgehead atoms. The highest BCUT2D eigenvalue weighted by molar-refractivity contribution is 8.00. The molecule has 1 N–H and O–H groups in total. The van der Waals surface area contributed by atoms with Crippen LogP contribution in [0.3, 0.4) is 0 Å². The summed E-state index contributed by atoms with van der Waals surface area (Å²) in [5.74, 6) is 1.05. The molecule has 3 rings (SSSR count). The number of benzene rings is 1. The van der Waals surface area contributed by atoms with E-state index < -0.39 is 0 Å². The van der Waals surface area contributed by atoms with E-state index in [0.29, 0.717) is 11.3 Å². The fourth-order valence-corrected chi connectivity index (χ4v) is 4.14. The van der Waals surface area contributed by atoms with Crippen LogP contribution in [-0.4, -0.2) is 32.6 Å². The molecule has 5 heteroatoms. The average Bonchev–Trinajstić information content (AvgIpc) is 3.04. The molecular formula is C15H20N4S. The Kier molecular flexibility index (Phi) is 4.08. The molecule has 0 saturated heterocycles. The molecule has 2 atom stereocenters. The van der Waals surface area contributed by atoms with Crippen molar-refractivity contribution in [1.82, 2.24) is 20.1 Å². The first-order valence-corrected chi connectivity index (χ1v) is 7.96. The zero-order valence-electron chi connectivity index (χ0n) is 11.9. The number of nitrogens with zero attached hydrogens (tertiary/aromatic N) is 3. The minimum absolute atomic E-state index is 0.431. The average molecular weight is 288 g/mol. The molecule has 1 aliphatic rings. The van der Waals surface area contributed by atoms with Crippen molar-refractivity contribution in [2.24, 2.45) is 7.05 Å². The van der Waals surface area contributed by atoms with Crippen molar-refractivity contribution < 1.29 is 0 Å². The maximum Gasteiger partial charge on any atom is 0.138 e. The molecule has 106 valence electrons.